The number of fused-ring (bicyclic) bond motifs is 1. The molecule has 3 heterocycles. The highest BCUT2D eigenvalue weighted by Gasteiger charge is 2.35. The number of thioether (sulfide) groups is 1. The highest BCUT2D eigenvalue weighted by Crippen LogP contribution is 2.31. The molecule has 0 radical (unpaired) electrons. The molecule has 3 aliphatic rings. The predicted octanol–water partition coefficient (Wildman–Crippen LogP) is 2.71. The van der Waals surface area contributed by atoms with Crippen LogP contribution < -0.4 is 14.5 Å². The fourth-order valence-corrected chi connectivity index (χ4v) is 4.92. The van der Waals surface area contributed by atoms with Crippen LogP contribution in [0.2, 0.25) is 0 Å². The van der Waals surface area contributed by atoms with Crippen LogP contribution in [0.25, 0.3) is 0 Å². The van der Waals surface area contributed by atoms with Crippen molar-refractivity contribution >= 4 is 39.9 Å². The van der Waals surface area contributed by atoms with Crippen LogP contribution in [0.5, 0.6) is 5.75 Å². The molecular weight excluding hydrogens is 410 g/mol. The number of benzene rings is 2. The quantitative estimate of drug-likeness (QED) is 0.739. The van der Waals surface area contributed by atoms with Gasteiger partial charge in [-0.15, -0.1) is 0 Å². The van der Waals surface area contributed by atoms with Gasteiger partial charge in [-0.05, 0) is 18.2 Å². The van der Waals surface area contributed by atoms with E-state index >= 15 is 0 Å². The van der Waals surface area contributed by atoms with E-state index in [4.69, 9.17) is 4.74 Å². The second-order valence-corrected chi connectivity index (χ2v) is 8.70. The molecule has 0 N–H and O–H groups in total. The van der Waals surface area contributed by atoms with E-state index in [0.717, 1.165) is 61.2 Å². The van der Waals surface area contributed by atoms with Crippen molar-refractivity contribution < 1.29 is 9.53 Å². The molecule has 2 aromatic rings. The number of piperazine rings is 1. The van der Waals surface area contributed by atoms with Crippen LogP contribution in [0, 0.1) is 0 Å². The first kappa shape index (κ1) is 20.1. The maximum Gasteiger partial charge on any atom is 0.278 e. The average molecular weight is 436 g/mol. The van der Waals surface area contributed by atoms with Crippen LogP contribution >= 0.6 is 11.8 Å². The lowest BCUT2D eigenvalue weighted by atomic mass is 10.1. The Balaban J connectivity index is 1.30. The number of hydrogen-bond acceptors (Lipinski definition) is 7. The Labute approximate surface area is 186 Å². The molecule has 5 rings (SSSR count). The smallest absolute Gasteiger partial charge is 0.278 e. The molecule has 160 valence electrons. The van der Waals surface area contributed by atoms with Crippen molar-refractivity contribution in [3.8, 4) is 5.75 Å². The van der Waals surface area contributed by atoms with Crippen molar-refractivity contribution in [1.82, 2.24) is 4.90 Å². The zero-order valence-electron chi connectivity index (χ0n) is 17.5. The topological polar surface area (TPSA) is 60.7 Å². The molecule has 31 heavy (non-hydrogen) atoms. The molecule has 0 spiro atoms. The van der Waals surface area contributed by atoms with Gasteiger partial charge in [-0.3, -0.25) is 19.6 Å². The summed E-state index contributed by atoms with van der Waals surface area (Å²) < 4.78 is 5.52. The van der Waals surface area contributed by atoms with E-state index in [2.05, 4.69) is 25.9 Å². The van der Waals surface area contributed by atoms with Crippen LogP contribution in [0.4, 0.5) is 11.4 Å². The number of ether oxygens (including phenoxy) is 1. The first-order valence-corrected chi connectivity index (χ1v) is 11.5. The fraction of sp³-hybridized carbons (Fsp3) is 0.348. The molecule has 2 aromatic carbocycles. The molecule has 0 bridgehead atoms. The van der Waals surface area contributed by atoms with Gasteiger partial charge in [-0.1, -0.05) is 42.1 Å². The van der Waals surface area contributed by atoms with Crippen molar-refractivity contribution in [2.24, 2.45) is 9.98 Å². The lowest BCUT2D eigenvalue weighted by Crippen LogP contribution is -2.51. The Kier molecular flexibility index (Phi) is 5.65. The van der Waals surface area contributed by atoms with Gasteiger partial charge in [0.2, 0.25) is 0 Å². The number of carbonyl (C=O) groups is 1. The van der Waals surface area contributed by atoms with Gasteiger partial charge >= 0.3 is 0 Å². The molecule has 0 saturated carbocycles. The van der Waals surface area contributed by atoms with E-state index in [1.165, 1.54) is 0 Å². The minimum absolute atomic E-state index is 0.0384. The minimum atomic E-state index is -0.0384. The maximum absolute atomic E-state index is 13.3. The summed E-state index contributed by atoms with van der Waals surface area (Å²) in [6.45, 7) is 4.86. The Bertz CT molecular complexity index is 1050. The summed E-state index contributed by atoms with van der Waals surface area (Å²) in [5.74, 6) is 1.79. The third-order valence-electron chi connectivity index (χ3n) is 5.81. The summed E-state index contributed by atoms with van der Waals surface area (Å²) in [7, 11) is 1.71. The lowest BCUT2D eigenvalue weighted by Gasteiger charge is -2.38. The summed E-state index contributed by atoms with van der Waals surface area (Å²) in [5, 5.41) is 0.713. The van der Waals surface area contributed by atoms with E-state index < -0.39 is 0 Å². The Morgan fingerprint density at radius 3 is 2.52 bits per heavy atom. The Hall–Kier alpha value is -2.84. The van der Waals surface area contributed by atoms with Crippen molar-refractivity contribution in [3.05, 3.63) is 54.1 Å². The van der Waals surface area contributed by atoms with Crippen LogP contribution in [0.15, 0.2) is 58.5 Å². The van der Waals surface area contributed by atoms with E-state index in [1.54, 1.807) is 18.9 Å². The number of nitrogens with zero attached hydrogens (tertiary/aromatic N) is 5. The third-order valence-corrected chi connectivity index (χ3v) is 6.68. The van der Waals surface area contributed by atoms with Crippen LogP contribution in [0.3, 0.4) is 0 Å². The van der Waals surface area contributed by atoms with E-state index in [1.807, 2.05) is 47.4 Å². The number of amides is 1. The molecule has 0 aromatic heterocycles. The largest absolute Gasteiger partial charge is 0.495 e. The monoisotopic (exact) mass is 435 g/mol. The summed E-state index contributed by atoms with van der Waals surface area (Å²) in [6, 6.07) is 16.0. The molecule has 1 amide bonds. The molecule has 7 nitrogen and oxygen atoms in total. The van der Waals surface area contributed by atoms with Gasteiger partial charge in [0, 0.05) is 37.5 Å². The second-order valence-electron chi connectivity index (χ2n) is 7.64. The molecule has 3 aliphatic heterocycles. The minimum Gasteiger partial charge on any atom is -0.495 e. The molecule has 0 unspecified atom stereocenters. The molecule has 0 atom stereocenters. The molecule has 1 saturated heterocycles. The second kappa shape index (κ2) is 8.72. The standard InChI is InChI=1S/C23H25N5O2S/c1-30-20-9-5-4-8-19(20)27-13-11-26(12-14-27)16-28-18-7-3-2-6-17(18)21(22(28)29)25-23-24-10-15-31-23/h2-9H,10-16H2,1H3. The number of para-hydroxylation sites is 3. The third kappa shape index (κ3) is 3.93. The highest BCUT2D eigenvalue weighted by atomic mass is 32.2. The van der Waals surface area contributed by atoms with Gasteiger partial charge < -0.3 is 9.64 Å². The summed E-state index contributed by atoms with van der Waals surface area (Å²) in [4.78, 5) is 28.8. The zero-order valence-corrected chi connectivity index (χ0v) is 18.3. The van der Waals surface area contributed by atoms with Gasteiger partial charge in [0.25, 0.3) is 5.91 Å². The van der Waals surface area contributed by atoms with Crippen molar-refractivity contribution in [3.63, 3.8) is 0 Å². The van der Waals surface area contributed by atoms with Gasteiger partial charge in [0.05, 0.1) is 31.7 Å². The fourth-order valence-electron chi connectivity index (χ4n) is 4.22. The maximum atomic E-state index is 13.3. The van der Waals surface area contributed by atoms with Gasteiger partial charge in [-0.2, -0.15) is 0 Å². The Morgan fingerprint density at radius 2 is 1.77 bits per heavy atom. The number of amidine groups is 1. The average Bonchev–Trinajstić information content (AvgIpc) is 3.42. The number of methoxy groups -OCH3 is 1. The number of aliphatic imine (C=N–C) groups is 2. The number of rotatable bonds is 4. The van der Waals surface area contributed by atoms with Gasteiger partial charge in [0.1, 0.15) is 11.5 Å². The molecule has 0 aliphatic carbocycles. The van der Waals surface area contributed by atoms with Crippen LogP contribution in [-0.4, -0.2) is 73.9 Å². The highest BCUT2D eigenvalue weighted by molar-refractivity contribution is 8.14. The first-order valence-electron chi connectivity index (χ1n) is 10.5. The van der Waals surface area contributed by atoms with Crippen LogP contribution in [-0.2, 0) is 4.79 Å². The summed E-state index contributed by atoms with van der Waals surface area (Å²) in [5.41, 5.74) is 3.46. The lowest BCUT2D eigenvalue weighted by molar-refractivity contribution is -0.112. The SMILES string of the molecule is COc1ccccc1N1CCN(CN2C(=O)C(=NC3=NCCS3)c3ccccc32)CC1. The van der Waals surface area contributed by atoms with E-state index in [9.17, 15) is 4.79 Å². The predicted molar refractivity (Wildman–Crippen MR) is 127 cm³/mol. The van der Waals surface area contributed by atoms with Crippen molar-refractivity contribution in [2.45, 2.75) is 0 Å². The first-order chi connectivity index (χ1) is 15.2. The number of hydrogen-bond donors (Lipinski definition) is 0. The molecular formula is C23H25N5O2S. The molecule has 1 fully saturated rings. The van der Waals surface area contributed by atoms with E-state index in [-0.39, 0.29) is 5.91 Å². The number of anilines is 2. The van der Waals surface area contributed by atoms with Crippen molar-refractivity contribution in [2.75, 3.05) is 62.1 Å². The van der Waals surface area contributed by atoms with Gasteiger partial charge in [-0.25, -0.2) is 4.99 Å². The number of carbonyl (C=O) groups excluding carboxylic acids is 1. The van der Waals surface area contributed by atoms with E-state index in [0.29, 0.717) is 17.5 Å². The van der Waals surface area contributed by atoms with Gasteiger partial charge in [0.15, 0.2) is 5.17 Å². The van der Waals surface area contributed by atoms with Crippen LogP contribution in [0.1, 0.15) is 5.56 Å². The molecule has 8 heteroatoms. The van der Waals surface area contributed by atoms with Crippen molar-refractivity contribution in [1.29, 1.82) is 0 Å². The normalized spacial score (nSPS) is 20.4. The Morgan fingerprint density at radius 1 is 1.03 bits per heavy atom. The zero-order chi connectivity index (χ0) is 21.2. The summed E-state index contributed by atoms with van der Waals surface area (Å²) >= 11 is 1.61. The summed E-state index contributed by atoms with van der Waals surface area (Å²) in [6.07, 6.45) is 0.